The second-order valence-corrected chi connectivity index (χ2v) is 7.15. The summed E-state index contributed by atoms with van der Waals surface area (Å²) in [6.07, 6.45) is 5.44. The summed E-state index contributed by atoms with van der Waals surface area (Å²) < 4.78 is 5.74. The number of aliphatic hydroxyl groups is 1. The molecule has 2 rings (SSSR count). The summed E-state index contributed by atoms with van der Waals surface area (Å²) >= 11 is 1.95. The standard InChI is InChI=1S/C17H27NO2S/c1-12-4-5-13(2)17(8-12)20-11-15(19)10-18-14-6-7-16(9-14)21-3/h4-5,8,14-16,18-19H,6-7,9-11H2,1-3H3. The van der Waals surface area contributed by atoms with E-state index in [1.165, 1.54) is 24.8 Å². The summed E-state index contributed by atoms with van der Waals surface area (Å²) in [7, 11) is 0. The van der Waals surface area contributed by atoms with E-state index in [9.17, 15) is 5.11 Å². The van der Waals surface area contributed by atoms with Gasteiger partial charge in [0.05, 0.1) is 0 Å². The molecule has 0 bridgehead atoms. The highest BCUT2D eigenvalue weighted by molar-refractivity contribution is 7.99. The molecule has 3 atom stereocenters. The number of ether oxygens (including phenoxy) is 1. The van der Waals surface area contributed by atoms with Gasteiger partial charge in [-0.25, -0.2) is 0 Å². The summed E-state index contributed by atoms with van der Waals surface area (Å²) in [5.41, 5.74) is 2.29. The van der Waals surface area contributed by atoms with Gasteiger partial charge in [0.15, 0.2) is 0 Å². The summed E-state index contributed by atoms with van der Waals surface area (Å²) in [5.74, 6) is 0.873. The molecule has 1 saturated carbocycles. The summed E-state index contributed by atoms with van der Waals surface area (Å²) in [5, 5.41) is 14.3. The Morgan fingerprint density at radius 1 is 1.38 bits per heavy atom. The Balaban J connectivity index is 1.70. The van der Waals surface area contributed by atoms with Gasteiger partial charge in [-0.3, -0.25) is 0 Å². The second kappa shape index (κ2) is 8.06. The molecular weight excluding hydrogens is 282 g/mol. The van der Waals surface area contributed by atoms with Crippen LogP contribution in [0.3, 0.4) is 0 Å². The fourth-order valence-electron chi connectivity index (χ4n) is 2.75. The molecule has 1 aliphatic carbocycles. The molecule has 1 fully saturated rings. The fraction of sp³-hybridized carbons (Fsp3) is 0.647. The number of benzene rings is 1. The molecule has 1 aliphatic rings. The average molecular weight is 309 g/mol. The molecule has 0 aromatic heterocycles. The highest BCUT2D eigenvalue weighted by Crippen LogP contribution is 2.28. The van der Waals surface area contributed by atoms with E-state index >= 15 is 0 Å². The number of aliphatic hydroxyl groups excluding tert-OH is 1. The predicted octanol–water partition coefficient (Wildman–Crippen LogP) is 2.92. The largest absolute Gasteiger partial charge is 0.491 e. The Labute approximate surface area is 132 Å². The molecule has 1 aromatic carbocycles. The van der Waals surface area contributed by atoms with Crippen molar-refractivity contribution in [2.45, 2.75) is 50.5 Å². The van der Waals surface area contributed by atoms with Gasteiger partial charge in [0, 0.05) is 17.8 Å². The molecule has 0 heterocycles. The van der Waals surface area contributed by atoms with E-state index in [0.717, 1.165) is 16.6 Å². The molecule has 0 saturated heterocycles. The predicted molar refractivity (Wildman–Crippen MR) is 90.4 cm³/mol. The quantitative estimate of drug-likeness (QED) is 0.812. The maximum absolute atomic E-state index is 10.1. The van der Waals surface area contributed by atoms with Crippen LogP contribution in [0.4, 0.5) is 0 Å². The highest BCUT2D eigenvalue weighted by Gasteiger charge is 2.23. The zero-order valence-corrected chi connectivity index (χ0v) is 14.1. The van der Waals surface area contributed by atoms with Crippen molar-refractivity contribution in [3.8, 4) is 5.75 Å². The number of nitrogens with one attached hydrogen (secondary N) is 1. The zero-order valence-electron chi connectivity index (χ0n) is 13.3. The molecule has 3 nitrogen and oxygen atoms in total. The molecule has 0 amide bonds. The van der Waals surface area contributed by atoms with E-state index in [2.05, 4.69) is 23.7 Å². The van der Waals surface area contributed by atoms with E-state index in [0.29, 0.717) is 19.2 Å². The van der Waals surface area contributed by atoms with E-state index < -0.39 is 6.10 Å². The lowest BCUT2D eigenvalue weighted by Gasteiger charge is -2.18. The number of hydrogen-bond acceptors (Lipinski definition) is 4. The Kier molecular flexibility index (Phi) is 6.40. The number of rotatable bonds is 7. The lowest BCUT2D eigenvalue weighted by Crippen LogP contribution is -2.37. The van der Waals surface area contributed by atoms with Gasteiger partial charge in [-0.1, -0.05) is 12.1 Å². The molecule has 2 N–H and O–H groups in total. The monoisotopic (exact) mass is 309 g/mol. The van der Waals surface area contributed by atoms with Crippen LogP contribution in [-0.2, 0) is 0 Å². The van der Waals surface area contributed by atoms with Crippen molar-refractivity contribution in [3.05, 3.63) is 29.3 Å². The van der Waals surface area contributed by atoms with Gasteiger partial charge in [0.2, 0.25) is 0 Å². The number of thioether (sulfide) groups is 1. The Morgan fingerprint density at radius 2 is 2.19 bits per heavy atom. The summed E-state index contributed by atoms with van der Waals surface area (Å²) in [6.45, 7) is 5.03. The minimum absolute atomic E-state index is 0.343. The molecule has 0 spiro atoms. The molecule has 0 aliphatic heterocycles. The Hall–Kier alpha value is -0.710. The van der Waals surface area contributed by atoms with Crippen molar-refractivity contribution in [1.82, 2.24) is 5.32 Å². The molecule has 1 aromatic rings. The maximum atomic E-state index is 10.1. The first-order valence-electron chi connectivity index (χ1n) is 7.72. The summed E-state index contributed by atoms with van der Waals surface area (Å²) in [4.78, 5) is 0. The van der Waals surface area contributed by atoms with Crippen molar-refractivity contribution in [2.24, 2.45) is 0 Å². The van der Waals surface area contributed by atoms with Crippen LogP contribution in [0.15, 0.2) is 18.2 Å². The van der Waals surface area contributed by atoms with Crippen molar-refractivity contribution < 1.29 is 9.84 Å². The van der Waals surface area contributed by atoms with Gasteiger partial charge in [-0.15, -0.1) is 0 Å². The first kappa shape index (κ1) is 16.7. The zero-order chi connectivity index (χ0) is 15.2. The first-order valence-corrected chi connectivity index (χ1v) is 9.01. The van der Waals surface area contributed by atoms with Crippen molar-refractivity contribution in [2.75, 3.05) is 19.4 Å². The van der Waals surface area contributed by atoms with Gasteiger partial charge in [0.25, 0.3) is 0 Å². The third kappa shape index (κ3) is 5.20. The lowest BCUT2D eigenvalue weighted by atomic mass is 10.1. The maximum Gasteiger partial charge on any atom is 0.122 e. The van der Waals surface area contributed by atoms with E-state index in [1.54, 1.807) is 0 Å². The van der Waals surface area contributed by atoms with Crippen LogP contribution in [0, 0.1) is 13.8 Å². The van der Waals surface area contributed by atoms with Crippen LogP contribution < -0.4 is 10.1 Å². The van der Waals surface area contributed by atoms with Crippen LogP contribution in [0.2, 0.25) is 0 Å². The van der Waals surface area contributed by atoms with E-state index in [1.807, 2.05) is 31.7 Å². The molecule has 0 radical (unpaired) electrons. The van der Waals surface area contributed by atoms with Gasteiger partial charge in [-0.2, -0.15) is 11.8 Å². The van der Waals surface area contributed by atoms with Crippen molar-refractivity contribution in [1.29, 1.82) is 0 Å². The number of hydrogen-bond donors (Lipinski definition) is 2. The van der Waals surface area contributed by atoms with Gasteiger partial charge < -0.3 is 15.2 Å². The van der Waals surface area contributed by atoms with Crippen LogP contribution >= 0.6 is 11.8 Å². The lowest BCUT2D eigenvalue weighted by molar-refractivity contribution is 0.103. The highest BCUT2D eigenvalue weighted by atomic mass is 32.2. The Morgan fingerprint density at radius 3 is 2.90 bits per heavy atom. The third-order valence-corrected chi connectivity index (χ3v) is 5.23. The SMILES string of the molecule is CSC1CCC(NCC(O)COc2cc(C)ccc2C)C1. The molecule has 3 unspecified atom stereocenters. The third-order valence-electron chi connectivity index (χ3n) is 4.13. The first-order chi connectivity index (χ1) is 10.1. The average Bonchev–Trinajstić information content (AvgIpc) is 2.94. The molecule has 21 heavy (non-hydrogen) atoms. The van der Waals surface area contributed by atoms with Crippen molar-refractivity contribution in [3.63, 3.8) is 0 Å². The molecule has 118 valence electrons. The van der Waals surface area contributed by atoms with E-state index in [-0.39, 0.29) is 0 Å². The molecule has 4 heteroatoms. The van der Waals surface area contributed by atoms with Crippen LogP contribution in [-0.4, -0.2) is 41.9 Å². The summed E-state index contributed by atoms with van der Waals surface area (Å²) in [6, 6.07) is 6.70. The van der Waals surface area contributed by atoms with Crippen LogP contribution in [0.1, 0.15) is 30.4 Å². The van der Waals surface area contributed by atoms with Crippen molar-refractivity contribution >= 4 is 11.8 Å². The van der Waals surface area contributed by atoms with Gasteiger partial charge >= 0.3 is 0 Å². The van der Waals surface area contributed by atoms with E-state index in [4.69, 9.17) is 4.74 Å². The fourth-order valence-corrected chi connectivity index (χ4v) is 3.55. The van der Waals surface area contributed by atoms with Gasteiger partial charge in [-0.05, 0) is 56.6 Å². The number of aryl methyl sites for hydroxylation is 2. The smallest absolute Gasteiger partial charge is 0.122 e. The Bertz CT molecular complexity index is 452. The minimum Gasteiger partial charge on any atom is -0.491 e. The van der Waals surface area contributed by atoms with Crippen LogP contribution in [0.25, 0.3) is 0 Å². The topological polar surface area (TPSA) is 41.5 Å². The van der Waals surface area contributed by atoms with Crippen LogP contribution in [0.5, 0.6) is 5.75 Å². The normalized spacial score (nSPS) is 23.2. The second-order valence-electron chi connectivity index (χ2n) is 6.01. The molecular formula is C17H27NO2S. The van der Waals surface area contributed by atoms with Gasteiger partial charge in [0.1, 0.15) is 18.5 Å². The minimum atomic E-state index is -0.460.